The van der Waals surface area contributed by atoms with Crippen LogP contribution in [-0.2, 0) is 0 Å². The van der Waals surface area contributed by atoms with Gasteiger partial charge < -0.3 is 11.1 Å². The van der Waals surface area contributed by atoms with Crippen molar-refractivity contribution in [2.24, 2.45) is 0 Å². The van der Waals surface area contributed by atoms with E-state index in [4.69, 9.17) is 5.73 Å². The molecule has 2 rings (SSSR count). The van der Waals surface area contributed by atoms with Crippen LogP contribution in [0.4, 0.5) is 5.69 Å². The van der Waals surface area contributed by atoms with Gasteiger partial charge >= 0.3 is 0 Å². The predicted octanol–water partition coefficient (Wildman–Crippen LogP) is 0.956. The first-order valence-corrected chi connectivity index (χ1v) is 3.92. The van der Waals surface area contributed by atoms with Crippen molar-refractivity contribution in [1.82, 2.24) is 5.32 Å². The second kappa shape index (κ2) is 2.55. The molecule has 11 heavy (non-hydrogen) atoms. The summed E-state index contributed by atoms with van der Waals surface area (Å²) in [6.45, 7) is 2.20. The lowest BCUT2D eigenvalue weighted by Crippen LogP contribution is -2.39. The standard InChI is InChI=1S/C9H12N2/c10-9-3-1-2-7(4-9)8-5-11-6-8/h1-4,8,11H,5-6,10H2. The molecule has 0 spiro atoms. The monoisotopic (exact) mass is 148 g/mol. The number of hydrogen-bond acceptors (Lipinski definition) is 2. The van der Waals surface area contributed by atoms with E-state index in [1.165, 1.54) is 5.56 Å². The Balaban J connectivity index is 2.23. The first-order valence-electron chi connectivity index (χ1n) is 3.92. The molecule has 1 saturated heterocycles. The number of rotatable bonds is 1. The topological polar surface area (TPSA) is 38.0 Å². The highest BCUT2D eigenvalue weighted by Crippen LogP contribution is 2.20. The van der Waals surface area contributed by atoms with Gasteiger partial charge in [0.2, 0.25) is 0 Å². The normalized spacial score (nSPS) is 17.8. The molecule has 2 heteroatoms. The lowest BCUT2D eigenvalue weighted by molar-refractivity contribution is 0.448. The minimum Gasteiger partial charge on any atom is -0.399 e. The maximum atomic E-state index is 5.65. The van der Waals surface area contributed by atoms with Crippen molar-refractivity contribution < 1.29 is 0 Å². The summed E-state index contributed by atoms with van der Waals surface area (Å²) in [6.07, 6.45) is 0. The summed E-state index contributed by atoms with van der Waals surface area (Å²) in [5, 5.41) is 3.24. The summed E-state index contributed by atoms with van der Waals surface area (Å²) in [6, 6.07) is 8.14. The van der Waals surface area contributed by atoms with Crippen LogP contribution in [-0.4, -0.2) is 13.1 Å². The third kappa shape index (κ3) is 1.21. The van der Waals surface area contributed by atoms with E-state index >= 15 is 0 Å². The zero-order chi connectivity index (χ0) is 7.68. The minimum atomic E-state index is 0.693. The Morgan fingerprint density at radius 2 is 2.18 bits per heavy atom. The van der Waals surface area contributed by atoms with E-state index in [2.05, 4.69) is 17.4 Å². The summed E-state index contributed by atoms with van der Waals surface area (Å²) >= 11 is 0. The van der Waals surface area contributed by atoms with Crippen LogP contribution < -0.4 is 11.1 Å². The molecule has 58 valence electrons. The van der Waals surface area contributed by atoms with Crippen LogP contribution in [0.2, 0.25) is 0 Å². The molecule has 0 amide bonds. The average molecular weight is 148 g/mol. The Hall–Kier alpha value is -1.02. The van der Waals surface area contributed by atoms with E-state index < -0.39 is 0 Å². The molecule has 1 aromatic rings. The zero-order valence-electron chi connectivity index (χ0n) is 6.38. The van der Waals surface area contributed by atoms with Gasteiger partial charge in [-0.25, -0.2) is 0 Å². The van der Waals surface area contributed by atoms with E-state index in [0.717, 1.165) is 18.8 Å². The van der Waals surface area contributed by atoms with E-state index in [1.807, 2.05) is 12.1 Å². The Bertz CT molecular complexity index is 253. The van der Waals surface area contributed by atoms with Crippen LogP contribution in [0.25, 0.3) is 0 Å². The van der Waals surface area contributed by atoms with Gasteiger partial charge in [0.15, 0.2) is 0 Å². The molecule has 0 unspecified atom stereocenters. The van der Waals surface area contributed by atoms with Gasteiger partial charge in [-0.05, 0) is 17.7 Å². The molecule has 1 aliphatic heterocycles. The van der Waals surface area contributed by atoms with Crippen LogP contribution in [0.5, 0.6) is 0 Å². The molecule has 0 aromatic heterocycles. The summed E-state index contributed by atoms with van der Waals surface area (Å²) < 4.78 is 0. The molecular formula is C9H12N2. The molecule has 2 nitrogen and oxygen atoms in total. The van der Waals surface area contributed by atoms with Gasteiger partial charge in [0.1, 0.15) is 0 Å². The Labute approximate surface area is 66.4 Å². The summed E-state index contributed by atoms with van der Waals surface area (Å²) in [5.74, 6) is 0.693. The molecule has 3 N–H and O–H groups in total. The number of nitrogens with two attached hydrogens (primary N) is 1. The molecule has 0 atom stereocenters. The van der Waals surface area contributed by atoms with Crippen LogP contribution in [0.15, 0.2) is 24.3 Å². The van der Waals surface area contributed by atoms with Gasteiger partial charge in [-0.2, -0.15) is 0 Å². The van der Waals surface area contributed by atoms with Crippen molar-refractivity contribution in [3.05, 3.63) is 29.8 Å². The van der Waals surface area contributed by atoms with Crippen LogP contribution >= 0.6 is 0 Å². The van der Waals surface area contributed by atoms with Crippen molar-refractivity contribution in [3.63, 3.8) is 0 Å². The molecule has 0 radical (unpaired) electrons. The van der Waals surface area contributed by atoms with E-state index in [-0.39, 0.29) is 0 Å². The summed E-state index contributed by atoms with van der Waals surface area (Å²) in [4.78, 5) is 0. The van der Waals surface area contributed by atoms with Crippen molar-refractivity contribution in [2.75, 3.05) is 18.8 Å². The molecule has 1 heterocycles. The number of benzene rings is 1. The second-order valence-electron chi connectivity index (χ2n) is 3.03. The first-order chi connectivity index (χ1) is 5.36. The lowest BCUT2D eigenvalue weighted by Gasteiger charge is -2.27. The molecule has 0 bridgehead atoms. The molecule has 0 aliphatic carbocycles. The van der Waals surface area contributed by atoms with Crippen LogP contribution in [0.1, 0.15) is 11.5 Å². The van der Waals surface area contributed by atoms with Gasteiger partial charge in [0, 0.05) is 24.7 Å². The first kappa shape index (κ1) is 6.68. The molecule has 1 fully saturated rings. The van der Waals surface area contributed by atoms with E-state index in [1.54, 1.807) is 0 Å². The van der Waals surface area contributed by atoms with Crippen molar-refractivity contribution in [3.8, 4) is 0 Å². The fraction of sp³-hybridized carbons (Fsp3) is 0.333. The number of hydrogen-bond donors (Lipinski definition) is 2. The maximum absolute atomic E-state index is 5.65. The maximum Gasteiger partial charge on any atom is 0.0316 e. The second-order valence-corrected chi connectivity index (χ2v) is 3.03. The zero-order valence-corrected chi connectivity index (χ0v) is 6.38. The largest absolute Gasteiger partial charge is 0.399 e. The molecule has 1 aliphatic rings. The van der Waals surface area contributed by atoms with Gasteiger partial charge in [0.05, 0.1) is 0 Å². The van der Waals surface area contributed by atoms with E-state index in [9.17, 15) is 0 Å². The van der Waals surface area contributed by atoms with Crippen LogP contribution in [0.3, 0.4) is 0 Å². The minimum absolute atomic E-state index is 0.693. The number of anilines is 1. The van der Waals surface area contributed by atoms with Crippen LogP contribution in [0, 0.1) is 0 Å². The Kier molecular flexibility index (Phi) is 1.55. The SMILES string of the molecule is Nc1cccc(C2CNC2)c1. The highest BCUT2D eigenvalue weighted by Gasteiger charge is 2.18. The third-order valence-electron chi connectivity index (χ3n) is 2.16. The molecule has 0 saturated carbocycles. The number of nitrogen functional groups attached to an aromatic ring is 1. The lowest BCUT2D eigenvalue weighted by atomic mass is 9.94. The Morgan fingerprint density at radius 1 is 1.36 bits per heavy atom. The average Bonchev–Trinajstić information content (AvgIpc) is 1.83. The number of nitrogens with one attached hydrogen (secondary N) is 1. The van der Waals surface area contributed by atoms with Crippen molar-refractivity contribution >= 4 is 5.69 Å². The summed E-state index contributed by atoms with van der Waals surface area (Å²) in [5.41, 5.74) is 7.89. The fourth-order valence-electron chi connectivity index (χ4n) is 1.34. The van der Waals surface area contributed by atoms with Gasteiger partial charge in [-0.15, -0.1) is 0 Å². The van der Waals surface area contributed by atoms with Gasteiger partial charge in [-0.3, -0.25) is 0 Å². The third-order valence-corrected chi connectivity index (χ3v) is 2.16. The molecular weight excluding hydrogens is 136 g/mol. The highest BCUT2D eigenvalue weighted by molar-refractivity contribution is 5.42. The Morgan fingerprint density at radius 3 is 2.73 bits per heavy atom. The molecule has 1 aromatic carbocycles. The van der Waals surface area contributed by atoms with Gasteiger partial charge in [-0.1, -0.05) is 12.1 Å². The van der Waals surface area contributed by atoms with Crippen molar-refractivity contribution in [2.45, 2.75) is 5.92 Å². The predicted molar refractivity (Wildman–Crippen MR) is 46.5 cm³/mol. The smallest absolute Gasteiger partial charge is 0.0316 e. The summed E-state index contributed by atoms with van der Waals surface area (Å²) in [7, 11) is 0. The van der Waals surface area contributed by atoms with Crippen molar-refractivity contribution in [1.29, 1.82) is 0 Å². The van der Waals surface area contributed by atoms with E-state index in [0.29, 0.717) is 5.92 Å². The highest BCUT2D eigenvalue weighted by atomic mass is 14.9. The fourth-order valence-corrected chi connectivity index (χ4v) is 1.34. The van der Waals surface area contributed by atoms with Gasteiger partial charge in [0.25, 0.3) is 0 Å². The quantitative estimate of drug-likeness (QED) is 0.582.